The lowest BCUT2D eigenvalue weighted by Gasteiger charge is -2.19. The van der Waals surface area contributed by atoms with Crippen molar-refractivity contribution < 1.29 is 27.9 Å². The van der Waals surface area contributed by atoms with Crippen LogP contribution >= 0.6 is 0 Å². The van der Waals surface area contributed by atoms with Crippen molar-refractivity contribution in [1.29, 1.82) is 0 Å². The molecule has 0 spiro atoms. The Kier molecular flexibility index (Phi) is 4.38. The number of benzene rings is 1. The van der Waals surface area contributed by atoms with Gasteiger partial charge in [-0.25, -0.2) is 18.4 Å². The third-order valence-corrected chi connectivity index (χ3v) is 4.32. The Labute approximate surface area is 127 Å². The molecule has 1 aromatic carbocycles. The molecule has 3 N–H and O–H groups in total. The van der Waals surface area contributed by atoms with Crippen molar-refractivity contribution in [3.05, 3.63) is 23.8 Å². The summed E-state index contributed by atoms with van der Waals surface area (Å²) in [4.78, 5) is 24.8. The van der Waals surface area contributed by atoms with Crippen molar-refractivity contribution in [2.24, 2.45) is 11.1 Å². The molecule has 2 rings (SSSR count). The molecule has 1 unspecified atom stereocenters. The minimum Gasteiger partial charge on any atom is -0.505 e. The molecule has 9 heteroatoms. The fourth-order valence-electron chi connectivity index (χ4n) is 2.48. The molecule has 0 saturated carbocycles. The third kappa shape index (κ3) is 3.37. The third-order valence-electron chi connectivity index (χ3n) is 3.38. The minimum absolute atomic E-state index is 0.0122. The largest absolute Gasteiger partial charge is 0.505 e. The van der Waals surface area contributed by atoms with E-state index in [1.807, 2.05) is 0 Å². The van der Waals surface area contributed by atoms with Crippen molar-refractivity contribution in [3.8, 4) is 5.75 Å². The van der Waals surface area contributed by atoms with Gasteiger partial charge in [0.25, 0.3) is 0 Å². The lowest BCUT2D eigenvalue weighted by atomic mass is 10.1. The van der Waals surface area contributed by atoms with Crippen molar-refractivity contribution >= 4 is 27.6 Å². The van der Waals surface area contributed by atoms with E-state index in [-0.39, 0.29) is 41.6 Å². The number of carbonyl (C=O) groups excluding carboxylic acids is 2. The van der Waals surface area contributed by atoms with Gasteiger partial charge >= 0.3 is 5.97 Å². The van der Waals surface area contributed by atoms with E-state index in [1.54, 1.807) is 0 Å². The number of para-hydroxylation sites is 1. The van der Waals surface area contributed by atoms with E-state index in [0.29, 0.717) is 0 Å². The number of nitrogens with zero attached hydrogens (tertiary/aromatic N) is 1. The van der Waals surface area contributed by atoms with Crippen LogP contribution in [-0.2, 0) is 19.6 Å². The topological polar surface area (TPSA) is 127 Å². The number of ether oxygens (including phenoxy) is 1. The van der Waals surface area contributed by atoms with Crippen molar-refractivity contribution in [3.63, 3.8) is 0 Å². The number of primary sulfonamides is 1. The summed E-state index contributed by atoms with van der Waals surface area (Å²) < 4.78 is 26.8. The van der Waals surface area contributed by atoms with Gasteiger partial charge in [-0.3, -0.25) is 4.79 Å². The summed E-state index contributed by atoms with van der Waals surface area (Å²) in [6.45, 7) is 0.105. The van der Waals surface area contributed by atoms with Crippen molar-refractivity contribution in [2.75, 3.05) is 24.3 Å². The smallest absolute Gasteiger partial charge is 0.341 e. The van der Waals surface area contributed by atoms with Crippen molar-refractivity contribution in [1.82, 2.24) is 0 Å². The fourth-order valence-corrected chi connectivity index (χ4v) is 3.36. The number of hydrogen-bond acceptors (Lipinski definition) is 6. The first-order valence-electron chi connectivity index (χ1n) is 6.44. The molecule has 1 saturated heterocycles. The molecule has 1 aromatic rings. The zero-order chi connectivity index (χ0) is 16.5. The zero-order valence-electron chi connectivity index (χ0n) is 11.9. The number of amides is 1. The number of carbonyl (C=O) groups is 2. The predicted molar refractivity (Wildman–Crippen MR) is 77.9 cm³/mol. The SMILES string of the molecule is COC(=O)c1cccc(N2CC(CS(N)(=O)=O)CC2=O)c1O. The lowest BCUT2D eigenvalue weighted by molar-refractivity contribution is -0.117. The summed E-state index contributed by atoms with van der Waals surface area (Å²) in [5.41, 5.74) is 0.0764. The molecule has 0 aromatic heterocycles. The number of sulfonamides is 1. The Bertz CT molecular complexity index is 715. The minimum atomic E-state index is -3.69. The summed E-state index contributed by atoms with van der Waals surface area (Å²) >= 11 is 0. The van der Waals surface area contributed by atoms with Gasteiger partial charge in [0.1, 0.15) is 5.56 Å². The van der Waals surface area contributed by atoms with Gasteiger partial charge in [0.15, 0.2) is 5.75 Å². The van der Waals surface area contributed by atoms with Crippen LogP contribution in [0.4, 0.5) is 5.69 Å². The molecule has 0 radical (unpaired) electrons. The Morgan fingerprint density at radius 3 is 2.77 bits per heavy atom. The molecule has 0 aliphatic carbocycles. The molecular weight excluding hydrogens is 312 g/mol. The van der Waals surface area contributed by atoms with Crippen LogP contribution in [0.3, 0.4) is 0 Å². The summed E-state index contributed by atoms with van der Waals surface area (Å²) in [6.07, 6.45) is 0.0122. The second kappa shape index (κ2) is 5.93. The quantitative estimate of drug-likeness (QED) is 0.738. The second-order valence-corrected chi connectivity index (χ2v) is 6.73. The maximum atomic E-state index is 12.0. The van der Waals surface area contributed by atoms with Crippen LogP contribution in [0.25, 0.3) is 0 Å². The number of phenolic OH excluding ortho intramolecular Hbond substituents is 1. The number of phenols is 1. The number of nitrogens with two attached hydrogens (primary N) is 1. The van der Waals surface area contributed by atoms with E-state index < -0.39 is 21.9 Å². The summed E-state index contributed by atoms with van der Waals surface area (Å²) in [5, 5.41) is 15.1. The first-order valence-corrected chi connectivity index (χ1v) is 8.15. The van der Waals surface area contributed by atoms with Crippen LogP contribution in [0.1, 0.15) is 16.8 Å². The monoisotopic (exact) mass is 328 g/mol. The number of hydrogen-bond donors (Lipinski definition) is 2. The Balaban J connectivity index is 2.29. The van der Waals surface area contributed by atoms with Crippen LogP contribution in [-0.4, -0.2) is 44.8 Å². The highest BCUT2D eigenvalue weighted by Gasteiger charge is 2.34. The second-order valence-electron chi connectivity index (χ2n) is 5.07. The van der Waals surface area contributed by atoms with Gasteiger partial charge in [0.05, 0.1) is 18.6 Å². The maximum Gasteiger partial charge on any atom is 0.341 e. The molecule has 22 heavy (non-hydrogen) atoms. The van der Waals surface area contributed by atoms with E-state index in [9.17, 15) is 23.1 Å². The molecule has 1 aliphatic rings. The van der Waals surface area contributed by atoms with Gasteiger partial charge < -0.3 is 14.7 Å². The number of methoxy groups -OCH3 is 1. The molecule has 1 fully saturated rings. The fraction of sp³-hybridized carbons (Fsp3) is 0.385. The summed E-state index contributed by atoms with van der Waals surface area (Å²) in [6, 6.07) is 4.34. The van der Waals surface area contributed by atoms with E-state index in [2.05, 4.69) is 4.74 Å². The lowest BCUT2D eigenvalue weighted by Crippen LogP contribution is -2.27. The van der Waals surface area contributed by atoms with Gasteiger partial charge in [-0.1, -0.05) is 6.07 Å². The number of anilines is 1. The zero-order valence-corrected chi connectivity index (χ0v) is 12.7. The summed E-state index contributed by atoms with van der Waals surface area (Å²) in [5.74, 6) is -2.21. The molecule has 120 valence electrons. The number of esters is 1. The normalized spacial score (nSPS) is 18.5. The standard InChI is InChI=1S/C13H16N2O6S/c1-21-13(18)9-3-2-4-10(12(9)17)15-6-8(5-11(15)16)7-22(14,19)20/h2-4,8,17H,5-7H2,1H3,(H2,14,19,20). The number of aromatic hydroxyl groups is 1. The van der Waals surface area contributed by atoms with E-state index in [4.69, 9.17) is 5.14 Å². The van der Waals surface area contributed by atoms with Crippen molar-refractivity contribution in [2.45, 2.75) is 6.42 Å². The van der Waals surface area contributed by atoms with E-state index in [1.165, 1.54) is 30.2 Å². The van der Waals surface area contributed by atoms with Gasteiger partial charge in [-0.15, -0.1) is 0 Å². The van der Waals surface area contributed by atoms with Gasteiger partial charge in [-0.05, 0) is 12.1 Å². The Morgan fingerprint density at radius 1 is 1.50 bits per heavy atom. The maximum absolute atomic E-state index is 12.0. The molecular formula is C13H16N2O6S. The van der Waals surface area contributed by atoms with Gasteiger partial charge in [-0.2, -0.15) is 0 Å². The first-order chi connectivity index (χ1) is 10.2. The Morgan fingerprint density at radius 2 is 2.18 bits per heavy atom. The number of rotatable bonds is 4. The van der Waals surface area contributed by atoms with Crippen LogP contribution in [0.5, 0.6) is 5.75 Å². The van der Waals surface area contributed by atoms with Gasteiger partial charge in [0, 0.05) is 18.9 Å². The van der Waals surface area contributed by atoms with E-state index >= 15 is 0 Å². The molecule has 8 nitrogen and oxygen atoms in total. The Hall–Kier alpha value is -2.13. The summed E-state index contributed by atoms with van der Waals surface area (Å²) in [7, 11) is -2.51. The van der Waals surface area contributed by atoms with Crippen LogP contribution in [0.2, 0.25) is 0 Å². The highest BCUT2D eigenvalue weighted by Crippen LogP contribution is 2.35. The van der Waals surface area contributed by atoms with Crippen LogP contribution in [0, 0.1) is 5.92 Å². The van der Waals surface area contributed by atoms with Crippen LogP contribution < -0.4 is 10.0 Å². The first kappa shape index (κ1) is 16.2. The highest BCUT2D eigenvalue weighted by molar-refractivity contribution is 7.89. The molecule has 1 amide bonds. The molecule has 1 aliphatic heterocycles. The van der Waals surface area contributed by atoms with E-state index in [0.717, 1.165) is 0 Å². The highest BCUT2D eigenvalue weighted by atomic mass is 32.2. The predicted octanol–water partition coefficient (Wildman–Crippen LogP) is -0.180. The molecule has 0 bridgehead atoms. The average Bonchev–Trinajstić information content (AvgIpc) is 2.76. The van der Waals surface area contributed by atoms with Crippen LogP contribution in [0.15, 0.2) is 18.2 Å². The molecule has 1 atom stereocenters. The molecule has 1 heterocycles. The average molecular weight is 328 g/mol. The van der Waals surface area contributed by atoms with Gasteiger partial charge in [0.2, 0.25) is 15.9 Å².